The number of rotatable bonds is 8. The molecule has 3 N–H and O–H groups in total. The highest BCUT2D eigenvalue weighted by Gasteiger charge is 2.23. The molecule has 1 aromatic rings. The maximum atomic E-state index is 12.6. The van der Waals surface area contributed by atoms with E-state index in [1.165, 1.54) is 6.20 Å². The number of hydrogen-bond acceptors (Lipinski definition) is 6. The molecule has 7 nitrogen and oxygen atoms in total. The summed E-state index contributed by atoms with van der Waals surface area (Å²) < 4.78 is 10.2. The topological polar surface area (TPSA) is 89.7 Å². The van der Waals surface area contributed by atoms with E-state index in [-0.39, 0.29) is 11.9 Å². The van der Waals surface area contributed by atoms with E-state index in [0.29, 0.717) is 31.0 Å². The van der Waals surface area contributed by atoms with Gasteiger partial charge in [-0.3, -0.25) is 15.6 Å². The fourth-order valence-corrected chi connectivity index (χ4v) is 1.89. The molecule has 0 aliphatic carbocycles. The number of hydrogen-bond donors (Lipinski definition) is 2. The molecule has 0 saturated heterocycles. The summed E-state index contributed by atoms with van der Waals surface area (Å²) in [5, 5.41) is 0. The second-order valence-electron chi connectivity index (χ2n) is 4.36. The van der Waals surface area contributed by atoms with Crippen LogP contribution in [0.4, 0.5) is 5.69 Å². The third-order valence-corrected chi connectivity index (χ3v) is 2.94. The van der Waals surface area contributed by atoms with Gasteiger partial charge in [-0.25, -0.2) is 0 Å². The van der Waals surface area contributed by atoms with Crippen molar-refractivity contribution in [3.05, 3.63) is 24.0 Å². The Balaban J connectivity index is 2.96. The average Bonchev–Trinajstić information content (AvgIpc) is 2.47. The molecule has 1 amide bonds. The van der Waals surface area contributed by atoms with Crippen molar-refractivity contribution in [2.45, 2.75) is 13.0 Å². The lowest BCUT2D eigenvalue weighted by Gasteiger charge is -2.29. The maximum Gasteiger partial charge on any atom is 0.256 e. The van der Waals surface area contributed by atoms with Crippen molar-refractivity contribution in [2.24, 2.45) is 5.84 Å². The highest BCUT2D eigenvalue weighted by molar-refractivity contribution is 5.99. The Bertz CT molecular complexity index is 428. The molecule has 1 aromatic heterocycles. The first-order chi connectivity index (χ1) is 9.65. The Labute approximate surface area is 119 Å². The van der Waals surface area contributed by atoms with E-state index < -0.39 is 0 Å². The molecule has 0 saturated carbocycles. The SMILES string of the molecule is COCCN(C(=O)c1ccncc1NN)C(C)COC. The third kappa shape index (κ3) is 4.16. The van der Waals surface area contributed by atoms with E-state index in [1.54, 1.807) is 31.4 Å². The van der Waals surface area contributed by atoms with Crippen molar-refractivity contribution in [3.63, 3.8) is 0 Å². The second-order valence-corrected chi connectivity index (χ2v) is 4.36. The van der Waals surface area contributed by atoms with Gasteiger partial charge in [-0.15, -0.1) is 0 Å². The van der Waals surface area contributed by atoms with Crippen LogP contribution in [-0.4, -0.2) is 55.8 Å². The van der Waals surface area contributed by atoms with Crippen molar-refractivity contribution in [3.8, 4) is 0 Å². The molecule has 0 radical (unpaired) electrons. The molecule has 0 aliphatic heterocycles. The van der Waals surface area contributed by atoms with Gasteiger partial charge in [-0.1, -0.05) is 0 Å². The number of anilines is 1. The Morgan fingerprint density at radius 2 is 2.25 bits per heavy atom. The Morgan fingerprint density at radius 1 is 1.50 bits per heavy atom. The van der Waals surface area contributed by atoms with Crippen LogP contribution < -0.4 is 11.3 Å². The van der Waals surface area contributed by atoms with E-state index >= 15 is 0 Å². The maximum absolute atomic E-state index is 12.6. The van der Waals surface area contributed by atoms with Crippen molar-refractivity contribution in [1.82, 2.24) is 9.88 Å². The molecule has 0 spiro atoms. The number of nitrogens with one attached hydrogen (secondary N) is 1. The summed E-state index contributed by atoms with van der Waals surface area (Å²) in [6, 6.07) is 1.57. The van der Waals surface area contributed by atoms with Gasteiger partial charge in [-0.2, -0.15) is 0 Å². The van der Waals surface area contributed by atoms with Gasteiger partial charge in [0.2, 0.25) is 0 Å². The normalized spacial score (nSPS) is 12.0. The highest BCUT2D eigenvalue weighted by atomic mass is 16.5. The average molecular weight is 282 g/mol. The highest BCUT2D eigenvalue weighted by Crippen LogP contribution is 2.16. The molecule has 1 heterocycles. The van der Waals surface area contributed by atoms with Gasteiger partial charge in [0.15, 0.2) is 0 Å². The van der Waals surface area contributed by atoms with Crippen molar-refractivity contribution in [2.75, 3.05) is 39.4 Å². The van der Waals surface area contributed by atoms with Gasteiger partial charge < -0.3 is 19.8 Å². The van der Waals surface area contributed by atoms with E-state index in [4.69, 9.17) is 15.3 Å². The Hall–Kier alpha value is -1.70. The van der Waals surface area contributed by atoms with Crippen LogP contribution in [-0.2, 0) is 9.47 Å². The van der Waals surface area contributed by atoms with Crippen molar-refractivity contribution >= 4 is 11.6 Å². The molecule has 1 atom stereocenters. The number of carbonyl (C=O) groups excluding carboxylic acids is 1. The minimum Gasteiger partial charge on any atom is -0.383 e. The van der Waals surface area contributed by atoms with E-state index in [2.05, 4.69) is 10.4 Å². The minimum absolute atomic E-state index is 0.0681. The summed E-state index contributed by atoms with van der Waals surface area (Å²) in [4.78, 5) is 18.3. The van der Waals surface area contributed by atoms with E-state index in [9.17, 15) is 4.79 Å². The van der Waals surface area contributed by atoms with Gasteiger partial charge in [0, 0.05) is 27.0 Å². The van der Waals surface area contributed by atoms with Crippen LogP contribution >= 0.6 is 0 Å². The molecule has 20 heavy (non-hydrogen) atoms. The number of hydrazine groups is 1. The zero-order chi connectivity index (χ0) is 15.0. The first-order valence-corrected chi connectivity index (χ1v) is 6.35. The van der Waals surface area contributed by atoms with Crippen molar-refractivity contribution < 1.29 is 14.3 Å². The lowest BCUT2D eigenvalue weighted by atomic mass is 10.1. The molecule has 0 aromatic carbocycles. The summed E-state index contributed by atoms with van der Waals surface area (Å²) >= 11 is 0. The Kier molecular flexibility index (Phi) is 6.92. The quantitative estimate of drug-likeness (QED) is 0.533. The number of aromatic nitrogens is 1. The monoisotopic (exact) mass is 282 g/mol. The summed E-state index contributed by atoms with van der Waals surface area (Å²) in [5.74, 6) is 5.28. The predicted octanol–water partition coefficient (Wildman–Crippen LogP) is 0.491. The number of nitrogens with zero attached hydrogens (tertiary/aromatic N) is 2. The molecule has 0 aliphatic rings. The molecular formula is C13H22N4O3. The van der Waals surface area contributed by atoms with Gasteiger partial charge >= 0.3 is 0 Å². The first-order valence-electron chi connectivity index (χ1n) is 6.35. The zero-order valence-electron chi connectivity index (χ0n) is 12.1. The number of ether oxygens (including phenoxy) is 2. The smallest absolute Gasteiger partial charge is 0.256 e. The van der Waals surface area contributed by atoms with Crippen LogP contribution in [0.15, 0.2) is 18.5 Å². The number of methoxy groups -OCH3 is 2. The standard InChI is InChI=1S/C13H22N4O3/c1-10(9-20-3)17(6-7-19-2)13(18)11-4-5-15-8-12(11)16-14/h4-5,8,10,16H,6-7,9,14H2,1-3H3. The minimum atomic E-state index is -0.137. The molecule has 112 valence electrons. The van der Waals surface area contributed by atoms with Crippen LogP contribution in [0, 0.1) is 0 Å². The third-order valence-electron chi connectivity index (χ3n) is 2.94. The predicted molar refractivity (Wildman–Crippen MR) is 76.3 cm³/mol. The number of carbonyl (C=O) groups is 1. The van der Waals surface area contributed by atoms with Crippen molar-refractivity contribution in [1.29, 1.82) is 0 Å². The zero-order valence-corrected chi connectivity index (χ0v) is 12.1. The van der Waals surface area contributed by atoms with Crippen LogP contribution in [0.2, 0.25) is 0 Å². The summed E-state index contributed by atoms with van der Waals surface area (Å²) in [6.45, 7) is 3.31. The number of amides is 1. The van der Waals surface area contributed by atoms with E-state index in [1.807, 2.05) is 6.92 Å². The molecule has 0 fully saturated rings. The molecule has 1 rings (SSSR count). The fourth-order valence-electron chi connectivity index (χ4n) is 1.89. The van der Waals surface area contributed by atoms with E-state index in [0.717, 1.165) is 0 Å². The number of nitrogens with two attached hydrogens (primary N) is 1. The lowest BCUT2D eigenvalue weighted by Crippen LogP contribution is -2.43. The number of nitrogen functional groups attached to an aromatic ring is 1. The Morgan fingerprint density at radius 3 is 2.85 bits per heavy atom. The molecular weight excluding hydrogens is 260 g/mol. The van der Waals surface area contributed by atoms with Crippen LogP contribution in [0.5, 0.6) is 0 Å². The van der Waals surface area contributed by atoms with Crippen LogP contribution in [0.1, 0.15) is 17.3 Å². The largest absolute Gasteiger partial charge is 0.383 e. The van der Waals surface area contributed by atoms with Gasteiger partial charge in [0.05, 0.1) is 36.7 Å². The summed E-state index contributed by atoms with van der Waals surface area (Å²) in [5.41, 5.74) is 3.45. The molecule has 1 unspecified atom stereocenters. The second kappa shape index (κ2) is 8.47. The van der Waals surface area contributed by atoms with Crippen LogP contribution in [0.25, 0.3) is 0 Å². The molecule has 0 bridgehead atoms. The van der Waals surface area contributed by atoms with Gasteiger partial charge in [0.1, 0.15) is 0 Å². The van der Waals surface area contributed by atoms with Crippen LogP contribution in [0.3, 0.4) is 0 Å². The van der Waals surface area contributed by atoms with Gasteiger partial charge in [-0.05, 0) is 13.0 Å². The van der Waals surface area contributed by atoms with Gasteiger partial charge in [0.25, 0.3) is 5.91 Å². The summed E-state index contributed by atoms with van der Waals surface area (Å²) in [6.07, 6.45) is 3.08. The fraction of sp³-hybridized carbons (Fsp3) is 0.538. The molecule has 7 heteroatoms. The summed E-state index contributed by atoms with van der Waals surface area (Å²) in [7, 11) is 3.21. The number of pyridine rings is 1. The lowest BCUT2D eigenvalue weighted by molar-refractivity contribution is 0.0480. The first kappa shape index (κ1) is 16.4.